The molecule has 2 N–H and O–H groups in total. The van der Waals surface area contributed by atoms with Crippen LogP contribution in [0.4, 0.5) is 0 Å². The molecule has 2 aliphatic rings. The molecule has 0 heterocycles. The van der Waals surface area contributed by atoms with Crippen molar-refractivity contribution in [2.75, 3.05) is 19.6 Å². The third-order valence-corrected chi connectivity index (χ3v) is 3.86. The van der Waals surface area contributed by atoms with Gasteiger partial charge in [0.1, 0.15) is 0 Å². The van der Waals surface area contributed by atoms with Crippen molar-refractivity contribution in [2.45, 2.75) is 45.1 Å². The summed E-state index contributed by atoms with van der Waals surface area (Å²) in [5.41, 5.74) is 6.38. The molecule has 2 aliphatic carbocycles. The van der Waals surface area contributed by atoms with Crippen LogP contribution in [-0.2, 0) is 0 Å². The average Bonchev–Trinajstić information content (AvgIpc) is 2.87. The van der Waals surface area contributed by atoms with Crippen LogP contribution in [0, 0.1) is 5.41 Å². The maximum Gasteiger partial charge on any atom is 0.00965 e. The molecule has 13 heavy (non-hydrogen) atoms. The maximum atomic E-state index is 5.87. The van der Waals surface area contributed by atoms with E-state index < -0.39 is 0 Å². The van der Waals surface area contributed by atoms with Crippen molar-refractivity contribution in [3.63, 3.8) is 0 Å². The summed E-state index contributed by atoms with van der Waals surface area (Å²) in [7, 11) is 0. The minimum Gasteiger partial charge on any atom is -0.330 e. The molecule has 0 atom stereocenters. The molecule has 2 fully saturated rings. The fourth-order valence-electron chi connectivity index (χ4n) is 2.47. The number of nitrogens with zero attached hydrogens (tertiary/aromatic N) is 1. The minimum absolute atomic E-state index is 0.512. The van der Waals surface area contributed by atoms with Gasteiger partial charge in [-0.25, -0.2) is 0 Å². The molecule has 2 nitrogen and oxygen atoms in total. The van der Waals surface area contributed by atoms with E-state index in [1.807, 2.05) is 0 Å². The second-order valence-corrected chi connectivity index (χ2v) is 4.85. The molecule has 0 aliphatic heterocycles. The van der Waals surface area contributed by atoms with Gasteiger partial charge < -0.3 is 10.6 Å². The highest BCUT2D eigenvalue weighted by Gasteiger charge is 2.40. The van der Waals surface area contributed by atoms with Gasteiger partial charge in [-0.2, -0.15) is 0 Å². The quantitative estimate of drug-likeness (QED) is 0.700. The summed E-state index contributed by atoms with van der Waals surface area (Å²) in [5, 5.41) is 0. The van der Waals surface area contributed by atoms with Gasteiger partial charge in [0.2, 0.25) is 0 Å². The standard InChI is InChI=1S/C11H22N2/c1-2-13(10-4-5-10)9-11(8-12)6-3-7-11/h10H,2-9,12H2,1H3. The highest BCUT2D eigenvalue weighted by molar-refractivity contribution is 4.94. The normalized spacial score (nSPS) is 26.1. The van der Waals surface area contributed by atoms with E-state index in [9.17, 15) is 0 Å². The van der Waals surface area contributed by atoms with Gasteiger partial charge in [-0.05, 0) is 44.2 Å². The second kappa shape index (κ2) is 3.58. The lowest BCUT2D eigenvalue weighted by atomic mass is 9.68. The van der Waals surface area contributed by atoms with Crippen molar-refractivity contribution in [1.29, 1.82) is 0 Å². The molecule has 0 saturated heterocycles. The van der Waals surface area contributed by atoms with Crippen LogP contribution >= 0.6 is 0 Å². The first-order valence-corrected chi connectivity index (χ1v) is 5.74. The predicted molar refractivity (Wildman–Crippen MR) is 55.6 cm³/mol. The summed E-state index contributed by atoms with van der Waals surface area (Å²) < 4.78 is 0. The van der Waals surface area contributed by atoms with Gasteiger partial charge in [0, 0.05) is 12.6 Å². The Morgan fingerprint density at radius 3 is 2.38 bits per heavy atom. The first kappa shape index (κ1) is 9.47. The molecule has 2 heteroatoms. The highest BCUT2D eigenvalue weighted by Crippen LogP contribution is 2.42. The first-order chi connectivity index (χ1) is 6.29. The maximum absolute atomic E-state index is 5.87. The SMILES string of the molecule is CCN(CC1(CN)CCC1)C1CC1. The molecule has 0 bridgehead atoms. The van der Waals surface area contributed by atoms with Gasteiger partial charge in [0.25, 0.3) is 0 Å². The zero-order chi connectivity index (χ0) is 9.31. The number of hydrogen-bond donors (Lipinski definition) is 1. The molecule has 76 valence electrons. The van der Waals surface area contributed by atoms with Crippen LogP contribution in [0.3, 0.4) is 0 Å². The molecule has 2 saturated carbocycles. The van der Waals surface area contributed by atoms with Crippen molar-refractivity contribution in [3.8, 4) is 0 Å². The largest absolute Gasteiger partial charge is 0.330 e. The lowest BCUT2D eigenvalue weighted by Gasteiger charge is -2.44. The third kappa shape index (κ3) is 1.89. The summed E-state index contributed by atoms with van der Waals surface area (Å²) in [6.07, 6.45) is 6.99. The lowest BCUT2D eigenvalue weighted by Crippen LogP contribution is -2.47. The fourth-order valence-corrected chi connectivity index (χ4v) is 2.47. The minimum atomic E-state index is 0.512. The Labute approximate surface area is 81.5 Å². The number of rotatable bonds is 5. The summed E-state index contributed by atoms with van der Waals surface area (Å²) >= 11 is 0. The summed E-state index contributed by atoms with van der Waals surface area (Å²) in [6, 6.07) is 0.911. The van der Waals surface area contributed by atoms with Crippen LogP contribution in [0.1, 0.15) is 39.0 Å². The van der Waals surface area contributed by atoms with E-state index in [1.165, 1.54) is 45.2 Å². The summed E-state index contributed by atoms with van der Waals surface area (Å²) in [4.78, 5) is 2.64. The highest BCUT2D eigenvalue weighted by atomic mass is 15.2. The Morgan fingerprint density at radius 1 is 1.38 bits per heavy atom. The van der Waals surface area contributed by atoms with Crippen LogP contribution in [0.5, 0.6) is 0 Å². The second-order valence-electron chi connectivity index (χ2n) is 4.85. The summed E-state index contributed by atoms with van der Waals surface area (Å²) in [6.45, 7) is 5.66. The van der Waals surface area contributed by atoms with Gasteiger partial charge in [-0.15, -0.1) is 0 Å². The Morgan fingerprint density at radius 2 is 2.08 bits per heavy atom. The summed E-state index contributed by atoms with van der Waals surface area (Å²) in [5.74, 6) is 0. The molecule has 0 unspecified atom stereocenters. The Balaban J connectivity index is 1.86. The number of hydrogen-bond acceptors (Lipinski definition) is 2. The molecular formula is C11H22N2. The van der Waals surface area contributed by atoms with Crippen molar-refractivity contribution in [1.82, 2.24) is 4.90 Å². The Hall–Kier alpha value is -0.0800. The fraction of sp³-hybridized carbons (Fsp3) is 1.00. The Bertz CT molecular complexity index is 165. The lowest BCUT2D eigenvalue weighted by molar-refractivity contribution is 0.0734. The molecule has 0 aromatic carbocycles. The molecule has 0 aromatic rings. The van der Waals surface area contributed by atoms with E-state index in [-0.39, 0.29) is 0 Å². The van der Waals surface area contributed by atoms with Gasteiger partial charge in [0.15, 0.2) is 0 Å². The van der Waals surface area contributed by atoms with E-state index >= 15 is 0 Å². The zero-order valence-electron chi connectivity index (χ0n) is 8.76. The molecule has 0 spiro atoms. The van der Waals surface area contributed by atoms with E-state index in [0.717, 1.165) is 12.6 Å². The van der Waals surface area contributed by atoms with Crippen molar-refractivity contribution >= 4 is 0 Å². The van der Waals surface area contributed by atoms with Gasteiger partial charge in [-0.1, -0.05) is 13.3 Å². The van der Waals surface area contributed by atoms with E-state index in [4.69, 9.17) is 5.73 Å². The van der Waals surface area contributed by atoms with Crippen LogP contribution in [0.15, 0.2) is 0 Å². The first-order valence-electron chi connectivity index (χ1n) is 5.74. The van der Waals surface area contributed by atoms with Gasteiger partial charge >= 0.3 is 0 Å². The molecule has 0 radical (unpaired) electrons. The van der Waals surface area contributed by atoms with Crippen LogP contribution in [-0.4, -0.2) is 30.6 Å². The van der Waals surface area contributed by atoms with E-state index in [0.29, 0.717) is 5.41 Å². The monoisotopic (exact) mass is 182 g/mol. The van der Waals surface area contributed by atoms with Crippen LogP contribution < -0.4 is 5.73 Å². The van der Waals surface area contributed by atoms with Crippen molar-refractivity contribution in [3.05, 3.63) is 0 Å². The van der Waals surface area contributed by atoms with Crippen LogP contribution in [0.25, 0.3) is 0 Å². The topological polar surface area (TPSA) is 29.3 Å². The third-order valence-electron chi connectivity index (χ3n) is 3.86. The predicted octanol–water partition coefficient (Wildman–Crippen LogP) is 1.60. The Kier molecular flexibility index (Phi) is 2.61. The van der Waals surface area contributed by atoms with Crippen molar-refractivity contribution in [2.24, 2.45) is 11.1 Å². The number of nitrogens with two attached hydrogens (primary N) is 1. The van der Waals surface area contributed by atoms with Crippen molar-refractivity contribution < 1.29 is 0 Å². The van der Waals surface area contributed by atoms with Crippen LogP contribution in [0.2, 0.25) is 0 Å². The van der Waals surface area contributed by atoms with E-state index in [2.05, 4.69) is 11.8 Å². The van der Waals surface area contributed by atoms with Gasteiger partial charge in [0.05, 0.1) is 0 Å². The van der Waals surface area contributed by atoms with Gasteiger partial charge in [-0.3, -0.25) is 0 Å². The molecular weight excluding hydrogens is 160 g/mol. The van der Waals surface area contributed by atoms with E-state index in [1.54, 1.807) is 0 Å². The zero-order valence-corrected chi connectivity index (χ0v) is 8.76. The smallest absolute Gasteiger partial charge is 0.00965 e. The molecule has 0 amide bonds. The molecule has 2 rings (SSSR count). The average molecular weight is 182 g/mol. The molecule has 0 aromatic heterocycles.